The number of aryl methyl sites for hydroxylation is 4. The molecular weight excluding hydrogens is 648 g/mol. The number of esters is 1. The van der Waals surface area contributed by atoms with Crippen LogP contribution in [0.3, 0.4) is 0 Å². The molecule has 256 valence electrons. The van der Waals surface area contributed by atoms with Gasteiger partial charge in [0.15, 0.2) is 0 Å². The Morgan fingerprint density at radius 2 is 1.65 bits per heavy atom. The first-order chi connectivity index (χ1) is 22.8. The third-order valence-corrected chi connectivity index (χ3v) is 8.24. The van der Waals surface area contributed by atoms with Crippen molar-refractivity contribution < 1.29 is 46.5 Å². The maximum atomic E-state index is 12.6. The van der Waals surface area contributed by atoms with Crippen LogP contribution >= 0.6 is 0 Å². The second-order valence-electron chi connectivity index (χ2n) is 10.7. The number of hydrazine groups is 1. The number of para-hydroxylation sites is 1. The fourth-order valence-electron chi connectivity index (χ4n) is 4.72. The molecular formula is C31H36N6O10S. The van der Waals surface area contributed by atoms with Gasteiger partial charge in [-0.05, 0) is 57.0 Å². The van der Waals surface area contributed by atoms with Gasteiger partial charge in [0.25, 0.3) is 15.9 Å². The zero-order valence-electron chi connectivity index (χ0n) is 27.0. The van der Waals surface area contributed by atoms with Gasteiger partial charge in [-0.25, -0.2) is 47.5 Å². The van der Waals surface area contributed by atoms with Gasteiger partial charge in [-0.1, -0.05) is 30.3 Å². The molecule has 48 heavy (non-hydrogen) atoms. The van der Waals surface area contributed by atoms with E-state index in [9.17, 15) is 27.6 Å². The summed E-state index contributed by atoms with van der Waals surface area (Å²) in [7, 11) is -2.90. The highest BCUT2D eigenvalue weighted by Crippen LogP contribution is 2.28. The molecule has 16 nitrogen and oxygen atoms in total. The minimum Gasteiger partial charge on any atom is -0.454 e. The lowest BCUT2D eigenvalue weighted by atomic mass is 10.1. The fourth-order valence-corrected chi connectivity index (χ4v) is 5.83. The first-order valence-corrected chi connectivity index (χ1v) is 16.1. The average Bonchev–Trinajstić information content (AvgIpc) is 3.41. The van der Waals surface area contributed by atoms with Crippen LogP contribution in [0, 0.1) is 27.7 Å². The third kappa shape index (κ3) is 8.81. The number of methoxy groups -OCH3 is 1. The summed E-state index contributed by atoms with van der Waals surface area (Å²) in [6.07, 6.45) is -0.932. The molecule has 5 rings (SSSR count). The molecule has 17 heteroatoms. The van der Waals surface area contributed by atoms with Gasteiger partial charge >= 0.3 is 18.1 Å². The maximum Gasteiger partial charge on any atom is 0.429 e. The zero-order chi connectivity index (χ0) is 35.0. The van der Waals surface area contributed by atoms with Gasteiger partial charge in [-0.3, -0.25) is 10.1 Å². The summed E-state index contributed by atoms with van der Waals surface area (Å²) >= 11 is 0. The Balaban J connectivity index is 0.000000229. The van der Waals surface area contributed by atoms with Crippen molar-refractivity contribution >= 4 is 45.7 Å². The van der Waals surface area contributed by atoms with E-state index in [0.29, 0.717) is 23.6 Å². The lowest BCUT2D eigenvalue weighted by Gasteiger charge is -2.31. The topological polar surface area (TPSA) is 196 Å². The highest BCUT2D eigenvalue weighted by molar-refractivity contribution is 7.90. The minimum atomic E-state index is -4.35. The molecule has 0 bridgehead atoms. The summed E-state index contributed by atoms with van der Waals surface area (Å²) < 4.78 is 47.0. The molecule has 2 aromatic carbocycles. The Hall–Kier alpha value is -5.13. The number of anilines is 2. The van der Waals surface area contributed by atoms with Crippen molar-refractivity contribution in [3.8, 4) is 0 Å². The molecule has 0 aliphatic carbocycles. The Morgan fingerprint density at radius 3 is 2.21 bits per heavy atom. The van der Waals surface area contributed by atoms with Crippen molar-refractivity contribution in [1.29, 1.82) is 0 Å². The second-order valence-corrected chi connectivity index (χ2v) is 12.4. The number of cyclic esters (lactones) is 1. The van der Waals surface area contributed by atoms with Crippen molar-refractivity contribution in [2.75, 3.05) is 50.4 Å². The van der Waals surface area contributed by atoms with Gasteiger partial charge in [0.1, 0.15) is 24.2 Å². The van der Waals surface area contributed by atoms with Crippen LogP contribution in [0.5, 0.6) is 0 Å². The number of amides is 4. The number of nitrogens with zero attached hydrogens (tertiary/aromatic N) is 4. The van der Waals surface area contributed by atoms with Crippen LogP contribution in [0.25, 0.3) is 0 Å². The van der Waals surface area contributed by atoms with Gasteiger partial charge in [-0.2, -0.15) is 0 Å². The number of aromatic nitrogens is 2. The predicted octanol–water partition coefficient (Wildman–Crippen LogP) is 2.81. The van der Waals surface area contributed by atoms with Crippen LogP contribution in [0.1, 0.15) is 32.9 Å². The van der Waals surface area contributed by atoms with Crippen molar-refractivity contribution in [3.63, 3.8) is 0 Å². The number of ether oxygens (including phenoxy) is 4. The van der Waals surface area contributed by atoms with E-state index in [4.69, 9.17) is 18.9 Å². The van der Waals surface area contributed by atoms with Crippen molar-refractivity contribution in [3.05, 3.63) is 76.6 Å². The summed E-state index contributed by atoms with van der Waals surface area (Å²) in [5.74, 6) is -1.15. The number of urea groups is 1. The molecule has 3 aromatic rings. The number of sulfonamides is 1. The zero-order valence-corrected chi connectivity index (χ0v) is 27.8. The molecule has 0 radical (unpaired) electrons. The number of benzene rings is 2. The summed E-state index contributed by atoms with van der Waals surface area (Å²) in [5, 5.41) is 4.95. The third-order valence-electron chi connectivity index (χ3n) is 6.85. The van der Waals surface area contributed by atoms with Gasteiger partial charge in [0.2, 0.25) is 5.95 Å². The number of rotatable bonds is 9. The number of carbonyl (C=O) groups excluding carboxylic acids is 4. The second kappa shape index (κ2) is 15.6. The van der Waals surface area contributed by atoms with Crippen LogP contribution in [-0.2, 0) is 33.8 Å². The Labute approximate surface area is 277 Å². The normalized spacial score (nSPS) is 14.2. The molecule has 1 aromatic heterocycles. The standard InChI is InChI=1S/C17H18N4O6S.C14H18N2O4/c1-10-7-11(2)19-16(18-10)20-17(23)21-28(24,25)14-6-4-3-5-13(14)15(22)27-12-8-26-9-12;1-10-5-4-6-11(2)13(10)16(12(17)9-19-3)15-7-8-20-14(15)18/h3-7,12H,8-9H2,1-2H3,(H2,18,19,20,21,23);4-6H,7-9H2,1-3H3. The molecule has 2 aliphatic rings. The molecule has 2 saturated heterocycles. The van der Waals surface area contributed by atoms with Gasteiger partial charge < -0.3 is 18.9 Å². The first-order valence-electron chi connectivity index (χ1n) is 14.7. The van der Waals surface area contributed by atoms with Crippen molar-refractivity contribution in [2.24, 2.45) is 0 Å². The average molecular weight is 685 g/mol. The SMILES string of the molecule is COCC(=O)N(c1c(C)cccc1C)N1CCOC1=O.Cc1cc(C)nc(NC(=O)NS(=O)(=O)c2ccccc2C(=O)OC2COC2)n1. The van der Waals surface area contributed by atoms with E-state index in [0.717, 1.165) is 11.1 Å². The van der Waals surface area contributed by atoms with Crippen LogP contribution in [-0.4, -0.2) is 93.6 Å². The number of nitrogens with one attached hydrogen (secondary N) is 2. The Bertz CT molecular complexity index is 1760. The lowest BCUT2D eigenvalue weighted by molar-refractivity contribution is -0.124. The van der Waals surface area contributed by atoms with E-state index in [1.165, 1.54) is 41.4 Å². The number of hydrogen-bond acceptors (Lipinski definition) is 12. The molecule has 2 fully saturated rings. The molecule has 0 atom stereocenters. The molecule has 0 saturated carbocycles. The van der Waals surface area contributed by atoms with Crippen LogP contribution in [0.4, 0.5) is 21.2 Å². The molecule has 2 aliphatic heterocycles. The van der Waals surface area contributed by atoms with Gasteiger partial charge in [0.05, 0.1) is 31.0 Å². The lowest BCUT2D eigenvalue weighted by Crippen LogP contribution is -2.49. The summed E-state index contributed by atoms with van der Waals surface area (Å²) in [6.45, 7) is 8.27. The Morgan fingerprint density at radius 1 is 1.00 bits per heavy atom. The molecule has 2 N–H and O–H groups in total. The fraction of sp³-hybridized carbons (Fsp3) is 0.355. The van der Waals surface area contributed by atoms with E-state index in [1.807, 2.05) is 36.8 Å². The molecule has 4 amide bonds. The van der Waals surface area contributed by atoms with Crippen molar-refractivity contribution in [2.45, 2.75) is 38.7 Å². The first kappa shape index (κ1) is 35.7. The Kier molecular flexibility index (Phi) is 11.6. The van der Waals surface area contributed by atoms with Crippen molar-refractivity contribution in [1.82, 2.24) is 19.7 Å². The quantitative estimate of drug-likeness (QED) is 0.313. The summed E-state index contributed by atoms with van der Waals surface area (Å²) in [5.41, 5.74) is 3.56. The van der Waals surface area contributed by atoms with E-state index < -0.39 is 34.2 Å². The maximum absolute atomic E-state index is 12.6. The van der Waals surface area contributed by atoms with Crippen LogP contribution in [0.15, 0.2) is 53.4 Å². The van der Waals surface area contributed by atoms with E-state index >= 15 is 0 Å². The van der Waals surface area contributed by atoms with E-state index in [2.05, 4.69) is 15.3 Å². The largest absolute Gasteiger partial charge is 0.454 e. The van der Waals surface area contributed by atoms with Crippen LogP contribution < -0.4 is 15.0 Å². The summed E-state index contributed by atoms with van der Waals surface area (Å²) in [6, 6.07) is 11.8. The van der Waals surface area contributed by atoms with Gasteiger partial charge in [-0.15, -0.1) is 0 Å². The van der Waals surface area contributed by atoms with E-state index in [1.54, 1.807) is 19.9 Å². The van der Waals surface area contributed by atoms with Gasteiger partial charge in [0, 0.05) is 18.5 Å². The van der Waals surface area contributed by atoms with E-state index in [-0.39, 0.29) is 48.7 Å². The smallest absolute Gasteiger partial charge is 0.429 e. The highest BCUT2D eigenvalue weighted by atomic mass is 32.2. The monoisotopic (exact) mass is 684 g/mol. The number of carbonyl (C=O) groups is 4. The number of hydrogen-bond donors (Lipinski definition) is 2. The van der Waals surface area contributed by atoms with Crippen LogP contribution in [0.2, 0.25) is 0 Å². The molecule has 3 heterocycles. The predicted molar refractivity (Wildman–Crippen MR) is 171 cm³/mol. The molecule has 0 unspecified atom stereocenters. The summed E-state index contributed by atoms with van der Waals surface area (Å²) in [4.78, 5) is 56.2. The minimum absolute atomic E-state index is 0.0390. The molecule has 0 spiro atoms. The highest BCUT2D eigenvalue weighted by Gasteiger charge is 2.34.